The number of rotatable bonds is 5. The van der Waals surface area contributed by atoms with Crippen molar-refractivity contribution >= 4 is 12.6 Å². The lowest BCUT2D eigenvalue weighted by molar-refractivity contribution is 0.00578. The Labute approximate surface area is 127 Å². The van der Waals surface area contributed by atoms with Crippen molar-refractivity contribution in [3.05, 3.63) is 17.8 Å². The number of nitrogens with zero attached hydrogens (tertiary/aromatic N) is 1. The average molecular weight is 293 g/mol. The molecule has 1 aliphatic rings. The number of aromatic nitrogens is 1. The molecule has 0 radical (unpaired) electrons. The highest BCUT2D eigenvalue weighted by Crippen LogP contribution is 2.36. The van der Waals surface area contributed by atoms with Crippen LogP contribution in [0.1, 0.15) is 33.3 Å². The van der Waals surface area contributed by atoms with Crippen LogP contribution in [0.15, 0.2) is 12.3 Å². The summed E-state index contributed by atoms with van der Waals surface area (Å²) in [6.07, 6.45) is 1.76. The van der Waals surface area contributed by atoms with Gasteiger partial charge in [0.2, 0.25) is 5.88 Å². The minimum Gasteiger partial charge on any atom is -0.475 e. The zero-order chi connectivity index (χ0) is 15.7. The monoisotopic (exact) mass is 293 g/mol. The van der Waals surface area contributed by atoms with E-state index in [0.29, 0.717) is 19.1 Å². The van der Waals surface area contributed by atoms with E-state index in [2.05, 4.69) is 4.98 Å². The normalized spacial score (nSPS) is 19.8. The number of hydrogen-bond donors (Lipinski definition) is 0. The van der Waals surface area contributed by atoms with Crippen LogP contribution in [-0.2, 0) is 14.0 Å². The Morgan fingerprint density at radius 1 is 1.14 bits per heavy atom. The van der Waals surface area contributed by atoms with Gasteiger partial charge in [-0.05, 0) is 40.2 Å². The molecule has 0 saturated carbocycles. The molecule has 2 heterocycles. The average Bonchev–Trinajstić information content (AvgIpc) is 2.58. The summed E-state index contributed by atoms with van der Waals surface area (Å²) in [5.41, 5.74) is 1.28. The molecule has 116 valence electrons. The van der Waals surface area contributed by atoms with Gasteiger partial charge in [-0.3, -0.25) is 0 Å². The van der Waals surface area contributed by atoms with Gasteiger partial charge in [-0.2, -0.15) is 0 Å². The van der Waals surface area contributed by atoms with Crippen LogP contribution in [0.25, 0.3) is 0 Å². The third-order valence-electron chi connectivity index (χ3n) is 4.17. The number of methoxy groups -OCH3 is 1. The van der Waals surface area contributed by atoms with Gasteiger partial charge in [0.25, 0.3) is 0 Å². The molecule has 1 aromatic heterocycles. The molecule has 0 aromatic carbocycles. The Balaban J connectivity index is 2.12. The second-order valence-corrected chi connectivity index (χ2v) is 6.31. The molecule has 0 atom stereocenters. The van der Waals surface area contributed by atoms with E-state index in [0.717, 1.165) is 11.0 Å². The van der Waals surface area contributed by atoms with Gasteiger partial charge in [0.05, 0.1) is 17.8 Å². The van der Waals surface area contributed by atoms with Crippen molar-refractivity contribution < 1.29 is 18.8 Å². The van der Waals surface area contributed by atoms with Crippen LogP contribution in [0.2, 0.25) is 0 Å². The highest BCUT2D eigenvalue weighted by atomic mass is 16.7. The second kappa shape index (κ2) is 5.95. The number of hydrogen-bond acceptors (Lipinski definition) is 5. The van der Waals surface area contributed by atoms with Crippen molar-refractivity contribution in [2.45, 2.75) is 45.8 Å². The molecular weight excluding hydrogens is 269 g/mol. The summed E-state index contributed by atoms with van der Waals surface area (Å²) in [6.45, 7) is 11.2. The van der Waals surface area contributed by atoms with Crippen LogP contribution in [0.5, 0.6) is 5.88 Å². The zero-order valence-electron chi connectivity index (χ0n) is 13.7. The van der Waals surface area contributed by atoms with E-state index in [1.807, 2.05) is 40.7 Å². The summed E-state index contributed by atoms with van der Waals surface area (Å²) in [6, 6.07) is 1.90. The van der Waals surface area contributed by atoms with Crippen molar-refractivity contribution in [1.29, 1.82) is 0 Å². The van der Waals surface area contributed by atoms with Gasteiger partial charge in [0.15, 0.2) is 0 Å². The van der Waals surface area contributed by atoms with Crippen LogP contribution in [0.4, 0.5) is 0 Å². The fourth-order valence-corrected chi connectivity index (χ4v) is 2.07. The molecule has 1 aromatic rings. The highest BCUT2D eigenvalue weighted by molar-refractivity contribution is 6.62. The molecule has 5 nitrogen and oxygen atoms in total. The van der Waals surface area contributed by atoms with E-state index in [4.69, 9.17) is 18.8 Å². The third kappa shape index (κ3) is 3.39. The summed E-state index contributed by atoms with van der Waals surface area (Å²) in [7, 11) is 1.25. The fraction of sp³-hybridized carbons (Fsp3) is 0.667. The Morgan fingerprint density at radius 3 is 2.29 bits per heavy atom. The number of pyridine rings is 1. The lowest BCUT2D eigenvalue weighted by atomic mass is 9.77. The van der Waals surface area contributed by atoms with E-state index in [1.165, 1.54) is 0 Å². The molecule has 6 heteroatoms. The molecule has 0 aliphatic carbocycles. The number of ether oxygens (including phenoxy) is 2. The molecule has 0 bridgehead atoms. The third-order valence-corrected chi connectivity index (χ3v) is 4.17. The molecule has 1 fully saturated rings. The van der Waals surface area contributed by atoms with Crippen LogP contribution in [0, 0.1) is 6.92 Å². The van der Waals surface area contributed by atoms with Crippen LogP contribution >= 0.6 is 0 Å². The first-order valence-corrected chi connectivity index (χ1v) is 7.21. The maximum absolute atomic E-state index is 6.05. The molecule has 21 heavy (non-hydrogen) atoms. The van der Waals surface area contributed by atoms with E-state index in [1.54, 1.807) is 13.3 Å². The van der Waals surface area contributed by atoms with Crippen molar-refractivity contribution in [2.24, 2.45) is 0 Å². The summed E-state index contributed by atoms with van der Waals surface area (Å²) < 4.78 is 22.6. The maximum Gasteiger partial charge on any atom is 0.496 e. The quantitative estimate of drug-likeness (QED) is 0.611. The van der Waals surface area contributed by atoms with E-state index in [9.17, 15) is 0 Å². The van der Waals surface area contributed by atoms with Crippen molar-refractivity contribution in [2.75, 3.05) is 20.3 Å². The van der Waals surface area contributed by atoms with Crippen LogP contribution in [0.3, 0.4) is 0 Å². The molecule has 0 amide bonds. The predicted molar refractivity (Wildman–Crippen MR) is 82.1 cm³/mol. The molecule has 0 spiro atoms. The molecule has 1 aliphatic heterocycles. The Morgan fingerprint density at radius 2 is 1.76 bits per heavy atom. The van der Waals surface area contributed by atoms with Crippen molar-refractivity contribution in [3.63, 3.8) is 0 Å². The molecule has 0 unspecified atom stereocenters. The molecular formula is C15H24BNO4. The Kier molecular flexibility index (Phi) is 4.61. The minimum atomic E-state index is -0.393. The van der Waals surface area contributed by atoms with Crippen LogP contribution in [-0.4, -0.2) is 43.6 Å². The highest BCUT2D eigenvalue weighted by Gasteiger charge is 2.52. The van der Waals surface area contributed by atoms with Gasteiger partial charge < -0.3 is 18.8 Å². The topological polar surface area (TPSA) is 49.8 Å². The van der Waals surface area contributed by atoms with Gasteiger partial charge in [-0.25, -0.2) is 4.98 Å². The lowest BCUT2D eigenvalue weighted by Crippen LogP contribution is -2.41. The maximum atomic E-state index is 6.05. The molecule has 1 saturated heterocycles. The zero-order valence-corrected chi connectivity index (χ0v) is 13.7. The predicted octanol–water partition coefficient (Wildman–Crippen LogP) is 1.71. The largest absolute Gasteiger partial charge is 0.496 e. The first-order valence-electron chi connectivity index (χ1n) is 7.21. The Bertz CT molecular complexity index is 488. The van der Waals surface area contributed by atoms with Gasteiger partial charge in [-0.1, -0.05) is 0 Å². The van der Waals surface area contributed by atoms with E-state index < -0.39 is 7.12 Å². The first-order chi connectivity index (χ1) is 9.77. The SMILES string of the molecule is COCCOc1cc(C)c(B2OC(C)(C)C(C)(C)O2)cn1. The smallest absolute Gasteiger partial charge is 0.475 e. The summed E-state index contributed by atoms with van der Waals surface area (Å²) in [5.74, 6) is 0.588. The summed E-state index contributed by atoms with van der Waals surface area (Å²) >= 11 is 0. The molecule has 0 N–H and O–H groups in total. The number of aryl methyl sites for hydroxylation is 1. The van der Waals surface area contributed by atoms with Gasteiger partial charge >= 0.3 is 7.12 Å². The Hall–Kier alpha value is -1.11. The lowest BCUT2D eigenvalue weighted by Gasteiger charge is -2.32. The van der Waals surface area contributed by atoms with Gasteiger partial charge in [0.1, 0.15) is 6.61 Å². The van der Waals surface area contributed by atoms with Crippen molar-refractivity contribution in [1.82, 2.24) is 4.98 Å². The van der Waals surface area contributed by atoms with Crippen LogP contribution < -0.4 is 10.2 Å². The van der Waals surface area contributed by atoms with Gasteiger partial charge in [0, 0.05) is 24.8 Å². The van der Waals surface area contributed by atoms with E-state index >= 15 is 0 Å². The standard InChI is InChI=1S/C15H24BNO4/c1-11-9-13(19-8-7-18-6)17-10-12(11)16-20-14(2,3)15(4,5)21-16/h9-10H,7-8H2,1-6H3. The van der Waals surface area contributed by atoms with E-state index in [-0.39, 0.29) is 11.2 Å². The second-order valence-electron chi connectivity index (χ2n) is 6.31. The fourth-order valence-electron chi connectivity index (χ4n) is 2.07. The first kappa shape index (κ1) is 16.3. The summed E-state index contributed by atoms with van der Waals surface area (Å²) in [4.78, 5) is 4.31. The summed E-state index contributed by atoms with van der Waals surface area (Å²) in [5, 5.41) is 0. The molecule has 2 rings (SSSR count). The van der Waals surface area contributed by atoms with Gasteiger partial charge in [-0.15, -0.1) is 0 Å². The minimum absolute atomic E-state index is 0.349. The van der Waals surface area contributed by atoms with Crippen molar-refractivity contribution in [3.8, 4) is 5.88 Å².